The van der Waals surface area contributed by atoms with E-state index >= 15 is 0 Å². The number of thioether (sulfide) groups is 1. The molecule has 0 radical (unpaired) electrons. The van der Waals surface area contributed by atoms with Gasteiger partial charge < -0.3 is 4.74 Å². The van der Waals surface area contributed by atoms with E-state index in [0.717, 1.165) is 18.6 Å². The molecule has 110 valence electrons. The molecule has 2 nitrogen and oxygen atoms in total. The van der Waals surface area contributed by atoms with Crippen LogP contribution >= 0.6 is 11.8 Å². The Kier molecular flexibility index (Phi) is 5.48. The number of ether oxygens (including phenoxy) is 1. The van der Waals surface area contributed by atoms with Gasteiger partial charge in [-0.3, -0.25) is 4.90 Å². The molecule has 0 amide bonds. The molecule has 3 unspecified atom stereocenters. The van der Waals surface area contributed by atoms with Gasteiger partial charge in [0.15, 0.2) is 0 Å². The van der Waals surface area contributed by atoms with E-state index in [1.54, 1.807) is 0 Å². The Balaban J connectivity index is 1.65. The number of rotatable bonds is 2. The van der Waals surface area contributed by atoms with Gasteiger partial charge in [0.2, 0.25) is 0 Å². The highest BCUT2D eigenvalue weighted by atomic mass is 32.2. The summed E-state index contributed by atoms with van der Waals surface area (Å²) in [4.78, 5) is 2.83. The summed E-state index contributed by atoms with van der Waals surface area (Å²) in [5.74, 6) is 3.51. The van der Waals surface area contributed by atoms with Gasteiger partial charge in [-0.2, -0.15) is 11.8 Å². The van der Waals surface area contributed by atoms with Crippen molar-refractivity contribution in [1.82, 2.24) is 4.90 Å². The van der Waals surface area contributed by atoms with Gasteiger partial charge in [-0.1, -0.05) is 12.8 Å². The Labute approximate surface area is 122 Å². The molecule has 3 rings (SSSR count). The van der Waals surface area contributed by atoms with E-state index in [0.29, 0.717) is 6.10 Å². The standard InChI is InChI=1S/C16H29NOS/c1-2-5-10-17(9-4-1)15-8-12-19-13-14(15)16-7-3-6-11-18-16/h14-16H,1-13H2. The van der Waals surface area contributed by atoms with Gasteiger partial charge in [0.25, 0.3) is 0 Å². The van der Waals surface area contributed by atoms with Crippen LogP contribution in [0.2, 0.25) is 0 Å². The van der Waals surface area contributed by atoms with E-state index in [-0.39, 0.29) is 0 Å². The number of hydrogen-bond donors (Lipinski definition) is 0. The first-order chi connectivity index (χ1) is 9.45. The Morgan fingerprint density at radius 3 is 2.47 bits per heavy atom. The Morgan fingerprint density at radius 1 is 0.895 bits per heavy atom. The van der Waals surface area contributed by atoms with E-state index in [1.807, 2.05) is 0 Å². The fourth-order valence-corrected chi connectivity index (χ4v) is 5.37. The molecular weight excluding hydrogens is 254 g/mol. The Bertz CT molecular complexity index is 259. The molecule has 3 heteroatoms. The van der Waals surface area contributed by atoms with Crippen LogP contribution in [-0.2, 0) is 4.74 Å². The summed E-state index contributed by atoms with van der Waals surface area (Å²) in [6.45, 7) is 3.70. The zero-order chi connectivity index (χ0) is 12.9. The van der Waals surface area contributed by atoms with E-state index in [1.165, 1.54) is 76.0 Å². The highest BCUT2D eigenvalue weighted by molar-refractivity contribution is 7.99. The maximum Gasteiger partial charge on any atom is 0.0626 e. The van der Waals surface area contributed by atoms with Crippen LogP contribution in [0.5, 0.6) is 0 Å². The van der Waals surface area contributed by atoms with E-state index < -0.39 is 0 Å². The second-order valence-electron chi connectivity index (χ2n) is 6.45. The zero-order valence-electron chi connectivity index (χ0n) is 12.2. The molecule has 0 aromatic heterocycles. The third-order valence-corrected chi connectivity index (χ3v) is 6.31. The summed E-state index contributed by atoms with van der Waals surface area (Å²) >= 11 is 2.16. The summed E-state index contributed by atoms with van der Waals surface area (Å²) in [6, 6.07) is 0.822. The lowest BCUT2D eigenvalue weighted by Gasteiger charge is -2.43. The van der Waals surface area contributed by atoms with Crippen molar-refractivity contribution in [3.05, 3.63) is 0 Å². The summed E-state index contributed by atoms with van der Waals surface area (Å²) in [5.41, 5.74) is 0. The topological polar surface area (TPSA) is 12.5 Å². The first kappa shape index (κ1) is 14.2. The van der Waals surface area contributed by atoms with Gasteiger partial charge in [-0.15, -0.1) is 0 Å². The molecule has 3 atom stereocenters. The molecule has 3 fully saturated rings. The SMILES string of the molecule is C1CCCN(C2CCSCC2C2CCCCO2)CC1. The average Bonchev–Trinajstić information content (AvgIpc) is 2.77. The predicted molar refractivity (Wildman–Crippen MR) is 82.9 cm³/mol. The fraction of sp³-hybridized carbons (Fsp3) is 1.00. The van der Waals surface area contributed by atoms with Crippen molar-refractivity contribution in [2.45, 2.75) is 63.5 Å². The Morgan fingerprint density at radius 2 is 1.74 bits per heavy atom. The molecule has 0 saturated carbocycles. The van der Waals surface area contributed by atoms with Crippen LogP contribution < -0.4 is 0 Å². The maximum atomic E-state index is 6.13. The minimum absolute atomic E-state index is 0.565. The maximum absolute atomic E-state index is 6.13. The summed E-state index contributed by atoms with van der Waals surface area (Å²) in [6.07, 6.45) is 11.7. The lowest BCUT2D eigenvalue weighted by atomic mass is 9.87. The molecule has 0 N–H and O–H groups in total. The van der Waals surface area contributed by atoms with Crippen LogP contribution in [0.15, 0.2) is 0 Å². The lowest BCUT2D eigenvalue weighted by Crippen LogP contribution is -2.49. The van der Waals surface area contributed by atoms with Crippen molar-refractivity contribution in [3.8, 4) is 0 Å². The normalized spacial score (nSPS) is 38.8. The molecule has 0 aromatic rings. The summed E-state index contributed by atoms with van der Waals surface area (Å²) < 4.78 is 6.13. The summed E-state index contributed by atoms with van der Waals surface area (Å²) in [7, 11) is 0. The van der Waals surface area contributed by atoms with Crippen LogP contribution in [0.1, 0.15) is 51.4 Å². The van der Waals surface area contributed by atoms with E-state index in [9.17, 15) is 0 Å². The highest BCUT2D eigenvalue weighted by Crippen LogP contribution is 2.35. The van der Waals surface area contributed by atoms with Crippen LogP contribution in [0.25, 0.3) is 0 Å². The Hall–Kier alpha value is 0.270. The van der Waals surface area contributed by atoms with Crippen molar-refractivity contribution < 1.29 is 4.74 Å². The molecule has 0 aliphatic carbocycles. The quantitative estimate of drug-likeness (QED) is 0.769. The minimum atomic E-state index is 0.565. The van der Waals surface area contributed by atoms with Gasteiger partial charge in [0.1, 0.15) is 0 Å². The number of likely N-dealkylation sites (tertiary alicyclic amines) is 1. The summed E-state index contributed by atoms with van der Waals surface area (Å²) in [5, 5.41) is 0. The minimum Gasteiger partial charge on any atom is -0.378 e. The molecule has 19 heavy (non-hydrogen) atoms. The highest BCUT2D eigenvalue weighted by Gasteiger charge is 2.36. The predicted octanol–water partition coefficient (Wildman–Crippen LogP) is 3.55. The lowest BCUT2D eigenvalue weighted by molar-refractivity contribution is -0.0421. The van der Waals surface area contributed by atoms with Gasteiger partial charge >= 0.3 is 0 Å². The van der Waals surface area contributed by atoms with E-state index in [2.05, 4.69) is 16.7 Å². The molecular formula is C16H29NOS. The largest absolute Gasteiger partial charge is 0.378 e. The molecule has 3 aliphatic heterocycles. The van der Waals surface area contributed by atoms with Crippen molar-refractivity contribution in [2.24, 2.45) is 5.92 Å². The number of hydrogen-bond acceptors (Lipinski definition) is 3. The average molecular weight is 283 g/mol. The van der Waals surface area contributed by atoms with Crippen LogP contribution in [0.4, 0.5) is 0 Å². The third kappa shape index (κ3) is 3.68. The van der Waals surface area contributed by atoms with E-state index in [4.69, 9.17) is 4.74 Å². The first-order valence-corrected chi connectivity index (χ1v) is 9.54. The third-order valence-electron chi connectivity index (χ3n) is 5.16. The molecule has 3 aliphatic rings. The van der Waals surface area contributed by atoms with Gasteiger partial charge in [0, 0.05) is 24.3 Å². The zero-order valence-corrected chi connectivity index (χ0v) is 13.0. The molecule has 3 heterocycles. The molecule has 0 spiro atoms. The second-order valence-corrected chi connectivity index (χ2v) is 7.60. The monoisotopic (exact) mass is 283 g/mol. The van der Waals surface area contributed by atoms with Crippen molar-refractivity contribution in [3.63, 3.8) is 0 Å². The number of nitrogens with zero attached hydrogens (tertiary/aromatic N) is 1. The smallest absolute Gasteiger partial charge is 0.0626 e. The van der Waals surface area contributed by atoms with Gasteiger partial charge in [-0.25, -0.2) is 0 Å². The van der Waals surface area contributed by atoms with Crippen LogP contribution in [-0.4, -0.2) is 48.2 Å². The van der Waals surface area contributed by atoms with Crippen LogP contribution in [0, 0.1) is 5.92 Å². The van der Waals surface area contributed by atoms with Crippen LogP contribution in [0.3, 0.4) is 0 Å². The first-order valence-electron chi connectivity index (χ1n) is 8.38. The van der Waals surface area contributed by atoms with Crippen molar-refractivity contribution >= 4 is 11.8 Å². The molecule has 0 aromatic carbocycles. The fourth-order valence-electron chi connectivity index (χ4n) is 4.09. The second kappa shape index (κ2) is 7.33. The van der Waals surface area contributed by atoms with Crippen molar-refractivity contribution in [1.29, 1.82) is 0 Å². The van der Waals surface area contributed by atoms with Gasteiger partial charge in [-0.05, 0) is 57.4 Å². The molecule has 3 saturated heterocycles. The molecule has 0 bridgehead atoms. The van der Waals surface area contributed by atoms with Gasteiger partial charge in [0.05, 0.1) is 6.10 Å². The van der Waals surface area contributed by atoms with Crippen molar-refractivity contribution in [2.75, 3.05) is 31.2 Å².